The van der Waals surface area contributed by atoms with Crippen LogP contribution in [0.2, 0.25) is 0 Å². The first kappa shape index (κ1) is 13.1. The molecule has 0 aliphatic heterocycles. The Balaban J connectivity index is 2.03. The summed E-state index contributed by atoms with van der Waals surface area (Å²) in [5.74, 6) is 1.23. The van der Waals surface area contributed by atoms with Crippen LogP contribution in [0.25, 0.3) is 11.4 Å². The number of anilines is 1. The van der Waals surface area contributed by atoms with Gasteiger partial charge in [-0.25, -0.2) is 4.39 Å². The zero-order chi connectivity index (χ0) is 14.1. The van der Waals surface area contributed by atoms with E-state index in [2.05, 4.69) is 14.8 Å². The summed E-state index contributed by atoms with van der Waals surface area (Å²) >= 11 is 0. The van der Waals surface area contributed by atoms with Crippen LogP contribution < -0.4 is 5.73 Å². The van der Waals surface area contributed by atoms with E-state index in [9.17, 15) is 4.39 Å². The zero-order valence-corrected chi connectivity index (χ0v) is 11.6. The molecule has 3 rings (SSSR count). The Morgan fingerprint density at radius 3 is 2.65 bits per heavy atom. The Kier molecular flexibility index (Phi) is 3.42. The van der Waals surface area contributed by atoms with Crippen molar-refractivity contribution in [3.05, 3.63) is 29.8 Å². The third-order valence-corrected chi connectivity index (χ3v) is 4.06. The van der Waals surface area contributed by atoms with E-state index in [1.54, 1.807) is 12.1 Å². The van der Waals surface area contributed by atoms with E-state index in [0.29, 0.717) is 6.04 Å². The molecule has 1 aromatic heterocycles. The smallest absolute Gasteiger partial charge is 0.164 e. The molecule has 0 amide bonds. The lowest BCUT2D eigenvalue weighted by Crippen LogP contribution is -2.15. The van der Waals surface area contributed by atoms with Crippen molar-refractivity contribution in [1.29, 1.82) is 0 Å². The minimum atomic E-state index is -0.404. The summed E-state index contributed by atoms with van der Waals surface area (Å²) in [5, 5.41) is 8.42. The fourth-order valence-corrected chi connectivity index (χ4v) is 3.01. The highest BCUT2D eigenvalue weighted by atomic mass is 19.1. The van der Waals surface area contributed by atoms with Gasteiger partial charge in [0, 0.05) is 11.6 Å². The molecule has 1 aliphatic rings. The van der Waals surface area contributed by atoms with Crippen LogP contribution in [0.5, 0.6) is 0 Å². The number of nitrogens with two attached hydrogens (primary N) is 1. The second kappa shape index (κ2) is 5.23. The van der Waals surface area contributed by atoms with Crippen molar-refractivity contribution in [3.63, 3.8) is 0 Å². The van der Waals surface area contributed by atoms with E-state index >= 15 is 0 Å². The van der Waals surface area contributed by atoms with Gasteiger partial charge in [0.15, 0.2) is 5.82 Å². The van der Waals surface area contributed by atoms with Crippen molar-refractivity contribution in [1.82, 2.24) is 14.8 Å². The van der Waals surface area contributed by atoms with Gasteiger partial charge in [0.25, 0.3) is 0 Å². The van der Waals surface area contributed by atoms with E-state index in [0.717, 1.165) is 30.1 Å². The fraction of sp³-hybridized carbons (Fsp3) is 0.467. The lowest BCUT2D eigenvalue weighted by molar-refractivity contribution is 0.350. The summed E-state index contributed by atoms with van der Waals surface area (Å²) in [7, 11) is 0. The van der Waals surface area contributed by atoms with Crippen molar-refractivity contribution < 1.29 is 4.39 Å². The number of aromatic nitrogens is 3. The molecule has 2 N–H and O–H groups in total. The molecule has 0 unspecified atom stereocenters. The molecular formula is C15H19FN4. The van der Waals surface area contributed by atoms with Gasteiger partial charge in [-0.2, -0.15) is 0 Å². The normalized spacial score (nSPS) is 16.5. The highest BCUT2D eigenvalue weighted by Gasteiger charge is 2.22. The number of nitrogens with zero attached hydrogens (tertiary/aromatic N) is 3. The third-order valence-electron chi connectivity index (χ3n) is 4.06. The number of hydrogen-bond acceptors (Lipinski definition) is 3. The summed E-state index contributed by atoms with van der Waals surface area (Å²) < 4.78 is 15.8. The summed E-state index contributed by atoms with van der Waals surface area (Å²) in [6, 6.07) is 5.26. The first-order valence-corrected chi connectivity index (χ1v) is 7.13. The molecule has 20 heavy (non-hydrogen) atoms. The molecule has 5 heteroatoms. The standard InChI is InChI=1S/C15H19FN4/c1-10-18-19-15(11-7-8-14(17)13(16)9-11)20(10)12-5-3-2-4-6-12/h7-9,12H,2-6,17H2,1H3. The maximum atomic E-state index is 13.7. The van der Waals surface area contributed by atoms with Crippen LogP contribution in [0.3, 0.4) is 0 Å². The van der Waals surface area contributed by atoms with Crippen LogP contribution in [-0.2, 0) is 0 Å². The van der Waals surface area contributed by atoms with Gasteiger partial charge in [0.05, 0.1) is 5.69 Å². The molecule has 4 nitrogen and oxygen atoms in total. The lowest BCUT2D eigenvalue weighted by atomic mass is 9.95. The average Bonchev–Trinajstić information content (AvgIpc) is 2.85. The van der Waals surface area contributed by atoms with Crippen LogP contribution in [0, 0.1) is 12.7 Å². The Morgan fingerprint density at radius 2 is 1.95 bits per heavy atom. The molecule has 2 aromatic rings. The van der Waals surface area contributed by atoms with Crippen molar-refractivity contribution in [2.24, 2.45) is 0 Å². The molecule has 0 spiro atoms. The quantitative estimate of drug-likeness (QED) is 0.853. The van der Waals surface area contributed by atoms with Gasteiger partial charge < -0.3 is 10.3 Å². The predicted molar refractivity (Wildman–Crippen MR) is 76.7 cm³/mol. The minimum Gasteiger partial charge on any atom is -0.396 e. The maximum Gasteiger partial charge on any atom is 0.164 e. The third kappa shape index (κ3) is 2.28. The number of nitrogen functional groups attached to an aromatic ring is 1. The molecule has 0 bridgehead atoms. The van der Waals surface area contributed by atoms with E-state index in [1.807, 2.05) is 6.92 Å². The highest BCUT2D eigenvalue weighted by Crippen LogP contribution is 2.33. The van der Waals surface area contributed by atoms with Gasteiger partial charge in [-0.05, 0) is 38.0 Å². The van der Waals surface area contributed by atoms with Gasteiger partial charge in [-0.15, -0.1) is 10.2 Å². The number of rotatable bonds is 2. The maximum absolute atomic E-state index is 13.7. The molecule has 1 aliphatic carbocycles. The van der Waals surface area contributed by atoms with Gasteiger partial charge in [0.2, 0.25) is 0 Å². The molecule has 0 radical (unpaired) electrons. The number of hydrogen-bond donors (Lipinski definition) is 1. The summed E-state index contributed by atoms with van der Waals surface area (Å²) in [4.78, 5) is 0. The molecule has 1 heterocycles. The summed E-state index contributed by atoms with van der Waals surface area (Å²) in [5.41, 5.74) is 6.44. The van der Waals surface area contributed by atoms with Crippen LogP contribution in [0.15, 0.2) is 18.2 Å². The predicted octanol–water partition coefficient (Wildman–Crippen LogP) is 3.48. The Hall–Kier alpha value is -1.91. The SMILES string of the molecule is Cc1nnc(-c2ccc(N)c(F)c2)n1C1CCCCC1. The topological polar surface area (TPSA) is 56.7 Å². The van der Waals surface area contributed by atoms with Crippen LogP contribution in [-0.4, -0.2) is 14.8 Å². The molecule has 1 aromatic carbocycles. The van der Waals surface area contributed by atoms with Gasteiger partial charge >= 0.3 is 0 Å². The van der Waals surface area contributed by atoms with Crippen LogP contribution in [0.1, 0.15) is 44.0 Å². The van der Waals surface area contributed by atoms with Crippen molar-refractivity contribution in [3.8, 4) is 11.4 Å². The first-order chi connectivity index (χ1) is 9.66. The van der Waals surface area contributed by atoms with E-state index in [1.165, 1.54) is 25.3 Å². The molecule has 106 valence electrons. The molecule has 0 saturated heterocycles. The first-order valence-electron chi connectivity index (χ1n) is 7.13. The zero-order valence-electron chi connectivity index (χ0n) is 11.6. The molecular weight excluding hydrogens is 255 g/mol. The molecule has 1 saturated carbocycles. The molecule has 0 atom stereocenters. The van der Waals surface area contributed by atoms with Crippen LogP contribution in [0.4, 0.5) is 10.1 Å². The van der Waals surface area contributed by atoms with E-state index < -0.39 is 5.82 Å². The monoisotopic (exact) mass is 274 g/mol. The van der Waals surface area contributed by atoms with E-state index in [4.69, 9.17) is 5.73 Å². The fourth-order valence-electron chi connectivity index (χ4n) is 3.01. The summed E-state index contributed by atoms with van der Waals surface area (Å²) in [6.45, 7) is 1.96. The second-order valence-electron chi connectivity index (χ2n) is 5.47. The van der Waals surface area contributed by atoms with Crippen molar-refractivity contribution in [2.45, 2.75) is 45.1 Å². The van der Waals surface area contributed by atoms with E-state index in [-0.39, 0.29) is 5.69 Å². The van der Waals surface area contributed by atoms with Gasteiger partial charge in [-0.3, -0.25) is 0 Å². The lowest BCUT2D eigenvalue weighted by Gasteiger charge is -2.25. The highest BCUT2D eigenvalue weighted by molar-refractivity contribution is 5.59. The minimum absolute atomic E-state index is 0.161. The average molecular weight is 274 g/mol. The van der Waals surface area contributed by atoms with Crippen molar-refractivity contribution >= 4 is 5.69 Å². The number of benzene rings is 1. The van der Waals surface area contributed by atoms with Crippen molar-refractivity contribution in [2.75, 3.05) is 5.73 Å². The Bertz CT molecular complexity index is 614. The van der Waals surface area contributed by atoms with Crippen LogP contribution >= 0.6 is 0 Å². The second-order valence-corrected chi connectivity index (χ2v) is 5.47. The Labute approximate surface area is 117 Å². The van der Waals surface area contributed by atoms with Gasteiger partial charge in [0.1, 0.15) is 11.6 Å². The summed E-state index contributed by atoms with van der Waals surface area (Å²) in [6.07, 6.45) is 6.05. The Morgan fingerprint density at radius 1 is 1.20 bits per heavy atom. The molecule has 1 fully saturated rings. The largest absolute Gasteiger partial charge is 0.396 e. The number of halogens is 1. The van der Waals surface area contributed by atoms with Gasteiger partial charge in [-0.1, -0.05) is 19.3 Å². The number of aryl methyl sites for hydroxylation is 1.